The molecular weight excluding hydrogens is 180 g/mol. The van der Waals surface area contributed by atoms with Gasteiger partial charge >= 0.3 is 0 Å². The van der Waals surface area contributed by atoms with Crippen LogP contribution >= 0.6 is 0 Å². The molecule has 0 saturated carbocycles. The van der Waals surface area contributed by atoms with Crippen LogP contribution in [0.15, 0.2) is 24.3 Å². The molecule has 0 amide bonds. The number of hydrogen-bond acceptors (Lipinski definition) is 3. The molecule has 3 atom stereocenters. The van der Waals surface area contributed by atoms with Crippen molar-refractivity contribution in [2.24, 2.45) is 5.92 Å². The van der Waals surface area contributed by atoms with Crippen LogP contribution in [0.25, 0.3) is 0 Å². The lowest BCUT2D eigenvalue weighted by Gasteiger charge is -2.22. The Bertz CT molecular complexity index is 199. The van der Waals surface area contributed by atoms with Crippen molar-refractivity contribution in [1.82, 2.24) is 0 Å². The van der Waals surface area contributed by atoms with Crippen LogP contribution in [0, 0.1) is 5.92 Å². The molecule has 0 fully saturated rings. The van der Waals surface area contributed by atoms with Gasteiger partial charge in [-0.3, -0.25) is 0 Å². The first-order valence-electron chi connectivity index (χ1n) is 4.68. The zero-order chi connectivity index (χ0) is 11.1. The fourth-order valence-corrected chi connectivity index (χ4v) is 1.27. The average molecular weight is 200 g/mol. The third-order valence-electron chi connectivity index (χ3n) is 2.18. The molecule has 0 saturated heterocycles. The van der Waals surface area contributed by atoms with Crippen LogP contribution < -0.4 is 0 Å². The minimum atomic E-state index is -0.626. The topological polar surface area (TPSA) is 49.7 Å². The maximum Gasteiger partial charge on any atom is 0.101 e. The van der Waals surface area contributed by atoms with Crippen LogP contribution in [0.4, 0.5) is 0 Å². The Balaban J connectivity index is 4.36. The Morgan fingerprint density at radius 3 is 2.50 bits per heavy atom. The highest BCUT2D eigenvalue weighted by Gasteiger charge is 2.20. The number of ether oxygens (including phenoxy) is 1. The molecule has 3 nitrogen and oxygen atoms in total. The number of methoxy groups -OCH3 is 1. The van der Waals surface area contributed by atoms with Gasteiger partial charge in [-0.2, -0.15) is 0 Å². The van der Waals surface area contributed by atoms with E-state index >= 15 is 0 Å². The summed E-state index contributed by atoms with van der Waals surface area (Å²) in [6, 6.07) is 0. The fourth-order valence-electron chi connectivity index (χ4n) is 1.27. The van der Waals surface area contributed by atoms with Gasteiger partial charge < -0.3 is 14.9 Å². The van der Waals surface area contributed by atoms with Gasteiger partial charge in [0.05, 0.1) is 12.7 Å². The summed E-state index contributed by atoms with van der Waals surface area (Å²) < 4.78 is 5.04. The van der Waals surface area contributed by atoms with E-state index in [-0.39, 0.29) is 18.6 Å². The largest absolute Gasteiger partial charge is 0.392 e. The summed E-state index contributed by atoms with van der Waals surface area (Å²) in [7, 11) is 1.53. The van der Waals surface area contributed by atoms with Crippen LogP contribution in [0.3, 0.4) is 0 Å². The second-order valence-corrected chi connectivity index (χ2v) is 3.46. The van der Waals surface area contributed by atoms with E-state index in [1.807, 2.05) is 19.9 Å². The van der Waals surface area contributed by atoms with E-state index in [0.717, 1.165) is 5.57 Å². The maximum absolute atomic E-state index is 9.80. The summed E-state index contributed by atoms with van der Waals surface area (Å²) in [4.78, 5) is 0. The van der Waals surface area contributed by atoms with E-state index in [0.29, 0.717) is 0 Å². The lowest BCUT2D eigenvalue weighted by Crippen LogP contribution is -2.31. The molecule has 0 aliphatic rings. The minimum Gasteiger partial charge on any atom is -0.392 e. The molecule has 0 aromatic heterocycles. The molecule has 0 spiro atoms. The molecular formula is C11H20O3. The minimum absolute atomic E-state index is 0.0167. The molecule has 0 aliphatic heterocycles. The van der Waals surface area contributed by atoms with Crippen molar-refractivity contribution in [3.63, 3.8) is 0 Å². The first-order chi connectivity index (χ1) is 6.56. The molecule has 0 heterocycles. The van der Waals surface area contributed by atoms with Crippen LogP contribution in [-0.4, -0.2) is 36.1 Å². The summed E-state index contributed by atoms with van der Waals surface area (Å²) in [5.41, 5.74) is 0.843. The van der Waals surface area contributed by atoms with Crippen LogP contribution in [0.5, 0.6) is 0 Å². The number of aliphatic hydroxyl groups is 2. The average Bonchev–Trinajstić information content (AvgIpc) is 2.19. The van der Waals surface area contributed by atoms with Crippen molar-refractivity contribution in [3.8, 4) is 0 Å². The lowest BCUT2D eigenvalue weighted by molar-refractivity contribution is -0.00161. The molecule has 2 N–H and O–H groups in total. The van der Waals surface area contributed by atoms with Gasteiger partial charge in [0.1, 0.15) is 6.10 Å². The smallest absolute Gasteiger partial charge is 0.101 e. The maximum atomic E-state index is 9.80. The van der Waals surface area contributed by atoms with Crippen molar-refractivity contribution < 1.29 is 14.9 Å². The molecule has 0 rings (SSSR count). The molecule has 0 aromatic rings. The van der Waals surface area contributed by atoms with Gasteiger partial charge in [-0.1, -0.05) is 24.6 Å². The van der Waals surface area contributed by atoms with E-state index in [9.17, 15) is 5.11 Å². The van der Waals surface area contributed by atoms with Crippen molar-refractivity contribution >= 4 is 0 Å². The first kappa shape index (κ1) is 13.4. The SMILES string of the molecule is C=C[C@H](OC)[C@@H](O)C(C)C=C(C)CO. The van der Waals surface area contributed by atoms with Crippen molar-refractivity contribution in [3.05, 3.63) is 24.3 Å². The Kier molecular flexibility index (Phi) is 6.45. The van der Waals surface area contributed by atoms with E-state index in [1.54, 1.807) is 6.08 Å². The molecule has 1 unspecified atom stereocenters. The summed E-state index contributed by atoms with van der Waals surface area (Å²) >= 11 is 0. The number of rotatable bonds is 6. The standard InChI is InChI=1S/C11H20O3/c1-5-10(14-4)11(13)9(3)6-8(2)7-12/h5-6,9-13H,1,7H2,2-4H3/t9?,10-,11-/m0/s1. The molecule has 82 valence electrons. The van der Waals surface area contributed by atoms with Gasteiger partial charge in [0.2, 0.25) is 0 Å². The monoisotopic (exact) mass is 200 g/mol. The highest BCUT2D eigenvalue weighted by molar-refractivity contribution is 5.04. The Hall–Kier alpha value is -0.640. The second kappa shape index (κ2) is 6.76. The molecule has 0 bridgehead atoms. The zero-order valence-corrected chi connectivity index (χ0v) is 9.10. The third-order valence-corrected chi connectivity index (χ3v) is 2.18. The van der Waals surface area contributed by atoms with Gasteiger partial charge in [-0.15, -0.1) is 6.58 Å². The summed E-state index contributed by atoms with van der Waals surface area (Å²) in [5, 5.41) is 18.6. The highest BCUT2D eigenvalue weighted by atomic mass is 16.5. The summed E-state index contributed by atoms with van der Waals surface area (Å²) in [6.45, 7) is 7.29. The van der Waals surface area contributed by atoms with E-state index in [1.165, 1.54) is 7.11 Å². The van der Waals surface area contributed by atoms with Crippen molar-refractivity contribution in [1.29, 1.82) is 0 Å². The third kappa shape index (κ3) is 4.05. The van der Waals surface area contributed by atoms with E-state index in [2.05, 4.69) is 6.58 Å². The van der Waals surface area contributed by atoms with Crippen LogP contribution in [0.2, 0.25) is 0 Å². The summed E-state index contributed by atoms with van der Waals surface area (Å²) in [5.74, 6) is -0.0647. The predicted molar refractivity (Wildman–Crippen MR) is 57.0 cm³/mol. The van der Waals surface area contributed by atoms with E-state index in [4.69, 9.17) is 9.84 Å². The van der Waals surface area contributed by atoms with Crippen molar-refractivity contribution in [2.45, 2.75) is 26.1 Å². The number of hydrogen-bond donors (Lipinski definition) is 2. The predicted octanol–water partition coefficient (Wildman–Crippen LogP) is 1.12. The molecule has 14 heavy (non-hydrogen) atoms. The van der Waals surface area contributed by atoms with Crippen LogP contribution in [-0.2, 0) is 4.74 Å². The van der Waals surface area contributed by atoms with Gasteiger partial charge in [-0.25, -0.2) is 0 Å². The summed E-state index contributed by atoms with van der Waals surface area (Å²) in [6.07, 6.45) is 2.41. The Morgan fingerprint density at radius 1 is 1.57 bits per heavy atom. The van der Waals surface area contributed by atoms with Crippen LogP contribution in [0.1, 0.15) is 13.8 Å². The zero-order valence-electron chi connectivity index (χ0n) is 9.10. The van der Waals surface area contributed by atoms with Gasteiger partial charge in [0.25, 0.3) is 0 Å². The molecule has 0 aliphatic carbocycles. The molecule has 3 heteroatoms. The normalized spacial score (nSPS) is 18.8. The Morgan fingerprint density at radius 2 is 2.14 bits per heavy atom. The lowest BCUT2D eigenvalue weighted by atomic mass is 9.97. The van der Waals surface area contributed by atoms with Gasteiger partial charge in [0, 0.05) is 13.0 Å². The highest BCUT2D eigenvalue weighted by Crippen LogP contribution is 2.13. The fraction of sp³-hybridized carbons (Fsp3) is 0.636. The Labute approximate surface area is 85.7 Å². The van der Waals surface area contributed by atoms with Gasteiger partial charge in [-0.05, 0) is 6.92 Å². The van der Waals surface area contributed by atoms with Gasteiger partial charge in [0.15, 0.2) is 0 Å². The number of aliphatic hydroxyl groups excluding tert-OH is 2. The first-order valence-corrected chi connectivity index (χ1v) is 4.68. The molecule has 0 radical (unpaired) electrons. The molecule has 0 aromatic carbocycles. The van der Waals surface area contributed by atoms with Crippen molar-refractivity contribution in [2.75, 3.05) is 13.7 Å². The second-order valence-electron chi connectivity index (χ2n) is 3.46. The quantitative estimate of drug-likeness (QED) is 0.632. The van der Waals surface area contributed by atoms with E-state index < -0.39 is 6.10 Å².